The molecule has 156 valence electrons. The second kappa shape index (κ2) is 6.18. The molecule has 2 aliphatic heterocycles. The maximum atomic E-state index is 6.59. The van der Waals surface area contributed by atoms with Crippen molar-refractivity contribution in [2.75, 3.05) is 13.2 Å². The van der Waals surface area contributed by atoms with Gasteiger partial charge in [-0.25, -0.2) is 0 Å². The van der Waals surface area contributed by atoms with Crippen LogP contribution in [0.5, 0.6) is 0 Å². The SMILES string of the molecule is C1C2CC3(COC4CCC5OC5C4)CC1CC(COC1CCC4OC4C1)(C2)C3. The van der Waals surface area contributed by atoms with E-state index in [9.17, 15) is 0 Å². The average molecular weight is 389 g/mol. The van der Waals surface area contributed by atoms with E-state index in [-0.39, 0.29) is 0 Å². The Morgan fingerprint density at radius 1 is 0.607 bits per heavy atom. The Hall–Kier alpha value is -0.160. The summed E-state index contributed by atoms with van der Waals surface area (Å²) in [5.41, 5.74) is 0.901. The smallest absolute Gasteiger partial charge is 0.0866 e. The summed E-state index contributed by atoms with van der Waals surface area (Å²) in [4.78, 5) is 0. The van der Waals surface area contributed by atoms with Crippen molar-refractivity contribution in [2.24, 2.45) is 22.7 Å². The summed E-state index contributed by atoms with van der Waals surface area (Å²) in [6, 6.07) is 0. The molecule has 0 radical (unpaired) electrons. The van der Waals surface area contributed by atoms with Gasteiger partial charge in [-0.1, -0.05) is 0 Å². The molecule has 0 aromatic carbocycles. The molecule has 6 unspecified atom stereocenters. The first-order valence-electron chi connectivity index (χ1n) is 12.2. The molecule has 6 atom stereocenters. The number of epoxide rings is 2. The number of hydrogen-bond donors (Lipinski definition) is 0. The Kier molecular flexibility index (Phi) is 3.87. The van der Waals surface area contributed by atoms with E-state index in [1.807, 2.05) is 0 Å². The maximum absolute atomic E-state index is 6.59. The fourth-order valence-electron chi connectivity index (χ4n) is 8.61. The molecular weight excluding hydrogens is 352 g/mol. The third-order valence-corrected chi connectivity index (χ3v) is 9.47. The summed E-state index contributed by atoms with van der Waals surface area (Å²) in [7, 11) is 0. The fourth-order valence-corrected chi connectivity index (χ4v) is 8.61. The van der Waals surface area contributed by atoms with Gasteiger partial charge in [-0.15, -0.1) is 0 Å². The Labute approximate surface area is 169 Å². The molecule has 8 rings (SSSR count). The largest absolute Gasteiger partial charge is 0.378 e. The summed E-state index contributed by atoms with van der Waals surface area (Å²) < 4.78 is 24.6. The molecule has 8 aliphatic rings. The van der Waals surface area contributed by atoms with Crippen LogP contribution in [0, 0.1) is 22.7 Å². The molecule has 28 heavy (non-hydrogen) atoms. The second-order valence-corrected chi connectivity index (χ2v) is 11.9. The molecule has 0 aromatic heterocycles. The molecule has 2 heterocycles. The van der Waals surface area contributed by atoms with E-state index in [0.717, 1.165) is 37.9 Å². The highest BCUT2D eigenvalue weighted by Gasteiger charge is 2.58. The van der Waals surface area contributed by atoms with Crippen molar-refractivity contribution in [3.63, 3.8) is 0 Å². The molecule has 6 aliphatic carbocycles. The molecule has 0 spiro atoms. The van der Waals surface area contributed by atoms with Crippen molar-refractivity contribution in [1.29, 1.82) is 0 Å². The molecule has 8 fully saturated rings. The zero-order chi connectivity index (χ0) is 18.3. The number of ether oxygens (including phenoxy) is 4. The first-order valence-corrected chi connectivity index (χ1v) is 12.2. The first kappa shape index (κ1) is 17.5. The Morgan fingerprint density at radius 2 is 1.11 bits per heavy atom. The summed E-state index contributed by atoms with van der Waals surface area (Å²) >= 11 is 0. The average Bonchev–Trinajstić information content (AvgIpc) is 3.57. The number of fused-ring (bicyclic) bond motifs is 2. The Bertz CT molecular complexity index is 570. The van der Waals surface area contributed by atoms with Crippen LogP contribution in [-0.4, -0.2) is 49.8 Å². The van der Waals surface area contributed by atoms with Crippen molar-refractivity contribution in [3.8, 4) is 0 Å². The van der Waals surface area contributed by atoms with Gasteiger partial charge in [-0.2, -0.15) is 0 Å². The highest BCUT2D eigenvalue weighted by atomic mass is 16.6. The van der Waals surface area contributed by atoms with Gasteiger partial charge >= 0.3 is 0 Å². The van der Waals surface area contributed by atoms with Crippen molar-refractivity contribution in [1.82, 2.24) is 0 Å². The van der Waals surface area contributed by atoms with E-state index < -0.39 is 0 Å². The van der Waals surface area contributed by atoms with Gasteiger partial charge in [0.05, 0.1) is 49.8 Å². The van der Waals surface area contributed by atoms with Crippen LogP contribution in [0.3, 0.4) is 0 Å². The maximum Gasteiger partial charge on any atom is 0.0866 e. The van der Waals surface area contributed by atoms with Crippen LogP contribution >= 0.6 is 0 Å². The van der Waals surface area contributed by atoms with Crippen LogP contribution in [0.15, 0.2) is 0 Å². The lowest BCUT2D eigenvalue weighted by Gasteiger charge is -2.62. The van der Waals surface area contributed by atoms with E-state index in [1.54, 1.807) is 0 Å². The van der Waals surface area contributed by atoms with Crippen molar-refractivity contribution >= 4 is 0 Å². The predicted octanol–water partition coefficient (Wildman–Crippen LogP) is 4.25. The molecule has 0 N–H and O–H groups in total. The zero-order valence-corrected chi connectivity index (χ0v) is 17.2. The highest BCUT2D eigenvalue weighted by molar-refractivity contribution is 5.08. The monoisotopic (exact) mass is 388 g/mol. The molecule has 0 amide bonds. The van der Waals surface area contributed by atoms with Gasteiger partial charge in [0.2, 0.25) is 0 Å². The van der Waals surface area contributed by atoms with Crippen LogP contribution in [0.4, 0.5) is 0 Å². The van der Waals surface area contributed by atoms with Crippen LogP contribution in [0.25, 0.3) is 0 Å². The van der Waals surface area contributed by atoms with E-state index in [0.29, 0.717) is 47.5 Å². The van der Waals surface area contributed by atoms with Crippen molar-refractivity contribution in [2.45, 2.75) is 114 Å². The molecule has 4 bridgehead atoms. The summed E-state index contributed by atoms with van der Waals surface area (Å²) in [5, 5.41) is 0. The molecule has 4 heteroatoms. The minimum atomic E-state index is 0.450. The minimum absolute atomic E-state index is 0.450. The van der Waals surface area contributed by atoms with Gasteiger partial charge in [-0.3, -0.25) is 0 Å². The fraction of sp³-hybridized carbons (Fsp3) is 1.00. The van der Waals surface area contributed by atoms with E-state index in [4.69, 9.17) is 18.9 Å². The van der Waals surface area contributed by atoms with Gasteiger partial charge in [0, 0.05) is 12.8 Å². The standard InChI is InChI=1S/C24H36O4/c1-3-19-21(27-19)6-17(1)25-13-23-8-15-5-16(9-23)11-24(10-15,12-23)14-26-18-2-4-20-22(7-18)28-20/h15-22H,1-14H2. The lowest BCUT2D eigenvalue weighted by molar-refractivity contribution is -0.175. The van der Waals surface area contributed by atoms with E-state index in [1.165, 1.54) is 64.2 Å². The summed E-state index contributed by atoms with van der Waals surface area (Å²) in [6.07, 6.45) is 18.8. The topological polar surface area (TPSA) is 43.5 Å². The van der Waals surface area contributed by atoms with Crippen molar-refractivity contribution < 1.29 is 18.9 Å². The van der Waals surface area contributed by atoms with Gasteiger partial charge in [-0.05, 0) is 86.9 Å². The zero-order valence-electron chi connectivity index (χ0n) is 17.2. The predicted molar refractivity (Wildman–Crippen MR) is 104 cm³/mol. The minimum Gasteiger partial charge on any atom is -0.378 e. The van der Waals surface area contributed by atoms with Crippen molar-refractivity contribution in [3.05, 3.63) is 0 Å². The van der Waals surface area contributed by atoms with E-state index >= 15 is 0 Å². The lowest BCUT2D eigenvalue weighted by atomic mass is 9.44. The van der Waals surface area contributed by atoms with E-state index in [2.05, 4.69) is 0 Å². The highest BCUT2D eigenvalue weighted by Crippen LogP contribution is 2.65. The normalized spacial score (nSPS) is 58.3. The number of rotatable bonds is 6. The molecule has 6 saturated carbocycles. The molecular formula is C24H36O4. The Morgan fingerprint density at radius 3 is 1.57 bits per heavy atom. The molecule has 2 saturated heterocycles. The Balaban J connectivity index is 1.01. The van der Waals surface area contributed by atoms with Gasteiger partial charge in [0.25, 0.3) is 0 Å². The first-order chi connectivity index (χ1) is 13.7. The van der Waals surface area contributed by atoms with Crippen LogP contribution < -0.4 is 0 Å². The lowest BCUT2D eigenvalue weighted by Crippen LogP contribution is -2.55. The molecule has 4 nitrogen and oxygen atoms in total. The van der Waals surface area contributed by atoms with Gasteiger partial charge in [0.15, 0.2) is 0 Å². The third kappa shape index (κ3) is 3.09. The second-order valence-electron chi connectivity index (χ2n) is 11.9. The third-order valence-electron chi connectivity index (χ3n) is 9.47. The van der Waals surface area contributed by atoms with Gasteiger partial charge in [0.1, 0.15) is 0 Å². The van der Waals surface area contributed by atoms with Crippen LogP contribution in [0.1, 0.15) is 77.0 Å². The quantitative estimate of drug-likeness (QED) is 0.638. The molecule has 0 aromatic rings. The van der Waals surface area contributed by atoms with Crippen LogP contribution in [-0.2, 0) is 18.9 Å². The summed E-state index contributed by atoms with van der Waals surface area (Å²) in [6.45, 7) is 2.01. The number of hydrogen-bond acceptors (Lipinski definition) is 4. The van der Waals surface area contributed by atoms with Crippen LogP contribution in [0.2, 0.25) is 0 Å². The summed E-state index contributed by atoms with van der Waals surface area (Å²) in [5.74, 6) is 1.86. The van der Waals surface area contributed by atoms with Gasteiger partial charge < -0.3 is 18.9 Å².